The van der Waals surface area contributed by atoms with Gasteiger partial charge in [-0.3, -0.25) is 9.59 Å². The minimum atomic E-state index is -1.57. The van der Waals surface area contributed by atoms with Crippen molar-refractivity contribution in [1.82, 2.24) is 5.32 Å². The number of carboxylic acids is 2. The first-order valence-corrected chi connectivity index (χ1v) is 10.3. The van der Waals surface area contributed by atoms with Crippen LogP contribution in [0.1, 0.15) is 55.7 Å². The van der Waals surface area contributed by atoms with E-state index in [-0.39, 0.29) is 5.56 Å². The van der Waals surface area contributed by atoms with Crippen molar-refractivity contribution in [3.8, 4) is 5.75 Å². The van der Waals surface area contributed by atoms with Crippen LogP contribution in [0.5, 0.6) is 5.75 Å². The molecule has 2 aromatic carbocycles. The third-order valence-electron chi connectivity index (χ3n) is 4.83. The molecule has 0 unspecified atom stereocenters. The van der Waals surface area contributed by atoms with Gasteiger partial charge in [-0.25, -0.2) is 0 Å². The molecule has 2 aromatic rings. The zero-order chi connectivity index (χ0) is 22.9. The molecule has 31 heavy (non-hydrogen) atoms. The second-order valence-electron chi connectivity index (χ2n) is 8.23. The summed E-state index contributed by atoms with van der Waals surface area (Å²) < 4.78 is 5.82. The molecule has 0 radical (unpaired) electrons. The molecular formula is C24H31NO6. The van der Waals surface area contributed by atoms with Gasteiger partial charge >= 0.3 is 11.9 Å². The zero-order valence-electron chi connectivity index (χ0n) is 18.0. The Kier molecular flexibility index (Phi) is 9.03. The Labute approximate surface area is 182 Å². The van der Waals surface area contributed by atoms with Crippen LogP contribution in [0.25, 0.3) is 0 Å². The Balaban J connectivity index is 1.81. The van der Waals surface area contributed by atoms with E-state index in [0.29, 0.717) is 6.61 Å². The second-order valence-corrected chi connectivity index (χ2v) is 8.23. The van der Waals surface area contributed by atoms with Crippen LogP contribution in [-0.4, -0.2) is 39.4 Å². The summed E-state index contributed by atoms with van der Waals surface area (Å²) in [4.78, 5) is 22.2. The van der Waals surface area contributed by atoms with Crippen LogP contribution >= 0.6 is 0 Å². The molecule has 0 heterocycles. The van der Waals surface area contributed by atoms with E-state index in [1.807, 2.05) is 38.1 Å². The highest BCUT2D eigenvalue weighted by Crippen LogP contribution is 2.19. The average Bonchev–Trinajstić information content (AvgIpc) is 2.69. The SMILES string of the molecule is CC(C)(O)CCCCNCc1cccc(OCc2ccc(C(C(=O)O)C(=O)O)cc2)c1. The maximum Gasteiger partial charge on any atom is 0.322 e. The fraction of sp³-hybridized carbons (Fsp3) is 0.417. The van der Waals surface area contributed by atoms with E-state index in [1.165, 1.54) is 12.1 Å². The van der Waals surface area contributed by atoms with E-state index < -0.39 is 23.5 Å². The van der Waals surface area contributed by atoms with Crippen molar-refractivity contribution in [3.05, 3.63) is 65.2 Å². The lowest BCUT2D eigenvalue weighted by molar-refractivity contribution is -0.150. The Morgan fingerprint density at radius 2 is 1.68 bits per heavy atom. The first-order chi connectivity index (χ1) is 14.7. The van der Waals surface area contributed by atoms with E-state index in [2.05, 4.69) is 5.32 Å². The van der Waals surface area contributed by atoms with Gasteiger partial charge in [0.05, 0.1) is 5.60 Å². The number of hydrogen-bond acceptors (Lipinski definition) is 5. The highest BCUT2D eigenvalue weighted by atomic mass is 16.5. The van der Waals surface area contributed by atoms with Crippen LogP contribution in [0.3, 0.4) is 0 Å². The maximum absolute atomic E-state index is 11.1. The summed E-state index contributed by atoms with van der Waals surface area (Å²) in [6, 6.07) is 14.1. The summed E-state index contributed by atoms with van der Waals surface area (Å²) in [6.07, 6.45) is 2.76. The smallest absolute Gasteiger partial charge is 0.322 e. The fourth-order valence-corrected chi connectivity index (χ4v) is 3.15. The Hall–Kier alpha value is -2.90. The molecule has 0 saturated carbocycles. The van der Waals surface area contributed by atoms with Crippen molar-refractivity contribution in [2.75, 3.05) is 6.54 Å². The van der Waals surface area contributed by atoms with Crippen LogP contribution in [0.15, 0.2) is 48.5 Å². The number of nitrogens with one attached hydrogen (secondary N) is 1. The predicted molar refractivity (Wildman–Crippen MR) is 117 cm³/mol. The molecule has 0 bridgehead atoms. The van der Waals surface area contributed by atoms with E-state index in [4.69, 9.17) is 14.9 Å². The van der Waals surface area contributed by atoms with Crippen molar-refractivity contribution in [2.24, 2.45) is 0 Å². The van der Waals surface area contributed by atoms with Crippen molar-refractivity contribution in [2.45, 2.75) is 57.8 Å². The Morgan fingerprint density at radius 3 is 2.29 bits per heavy atom. The number of aliphatic hydroxyl groups is 1. The van der Waals surface area contributed by atoms with E-state index in [1.54, 1.807) is 12.1 Å². The monoisotopic (exact) mass is 429 g/mol. The molecule has 0 aliphatic carbocycles. The van der Waals surface area contributed by atoms with Crippen LogP contribution in [-0.2, 0) is 22.7 Å². The lowest BCUT2D eigenvalue weighted by atomic mass is 9.98. The number of hydrogen-bond donors (Lipinski definition) is 4. The molecule has 7 nitrogen and oxygen atoms in total. The lowest BCUT2D eigenvalue weighted by Crippen LogP contribution is -2.20. The van der Waals surface area contributed by atoms with Crippen LogP contribution in [0.4, 0.5) is 0 Å². The first kappa shape index (κ1) is 24.4. The van der Waals surface area contributed by atoms with E-state index >= 15 is 0 Å². The Bertz CT molecular complexity index is 843. The highest BCUT2D eigenvalue weighted by molar-refractivity contribution is 5.98. The minimum absolute atomic E-state index is 0.222. The van der Waals surface area contributed by atoms with Crippen molar-refractivity contribution >= 4 is 11.9 Å². The molecule has 4 N–H and O–H groups in total. The largest absolute Gasteiger partial charge is 0.489 e. The van der Waals surface area contributed by atoms with Gasteiger partial charge in [-0.15, -0.1) is 0 Å². The molecule has 0 aliphatic heterocycles. The minimum Gasteiger partial charge on any atom is -0.489 e. The van der Waals surface area contributed by atoms with Gasteiger partial charge in [-0.05, 0) is 68.5 Å². The van der Waals surface area contributed by atoms with Gasteiger partial charge in [-0.2, -0.15) is 0 Å². The number of ether oxygens (including phenoxy) is 1. The number of carbonyl (C=O) groups is 2. The summed E-state index contributed by atoms with van der Waals surface area (Å²) in [7, 11) is 0. The van der Waals surface area contributed by atoms with Crippen molar-refractivity contribution in [1.29, 1.82) is 0 Å². The van der Waals surface area contributed by atoms with Crippen molar-refractivity contribution in [3.63, 3.8) is 0 Å². The van der Waals surface area contributed by atoms with Gasteiger partial charge in [0, 0.05) is 6.54 Å². The summed E-state index contributed by atoms with van der Waals surface area (Å²) in [5.41, 5.74) is 1.52. The van der Waals surface area contributed by atoms with Gasteiger partial charge in [0.1, 0.15) is 12.4 Å². The van der Waals surface area contributed by atoms with Gasteiger partial charge in [0.25, 0.3) is 0 Å². The molecule has 168 valence electrons. The number of aliphatic carboxylic acids is 2. The molecule has 0 aromatic heterocycles. The number of carboxylic acid groups (broad SMARTS) is 2. The van der Waals surface area contributed by atoms with Crippen LogP contribution < -0.4 is 10.1 Å². The van der Waals surface area contributed by atoms with Gasteiger partial charge < -0.3 is 25.4 Å². The molecule has 0 atom stereocenters. The average molecular weight is 430 g/mol. The molecule has 0 amide bonds. The van der Waals surface area contributed by atoms with Gasteiger partial charge in [-0.1, -0.05) is 36.4 Å². The van der Waals surface area contributed by atoms with Crippen LogP contribution in [0.2, 0.25) is 0 Å². The van der Waals surface area contributed by atoms with Gasteiger partial charge in [0.15, 0.2) is 5.92 Å². The molecular weight excluding hydrogens is 398 g/mol. The van der Waals surface area contributed by atoms with Crippen molar-refractivity contribution < 1.29 is 29.6 Å². The molecule has 0 fully saturated rings. The molecule has 2 rings (SSSR count). The summed E-state index contributed by atoms with van der Waals surface area (Å²) in [5, 5.41) is 31.2. The topological polar surface area (TPSA) is 116 Å². The number of unbranched alkanes of at least 4 members (excludes halogenated alkanes) is 1. The van der Waals surface area contributed by atoms with Gasteiger partial charge in [0.2, 0.25) is 0 Å². The Morgan fingerprint density at radius 1 is 1.00 bits per heavy atom. The standard InChI is InChI=1S/C24H31NO6/c1-24(2,30)12-3-4-13-25-15-18-6-5-7-20(14-18)31-16-17-8-10-19(11-9-17)21(22(26)27)23(28)29/h5-11,14,21,25,30H,3-4,12-13,15-16H2,1-2H3,(H,26,27)(H,28,29). The third-order valence-corrected chi connectivity index (χ3v) is 4.83. The van der Waals surface area contributed by atoms with E-state index in [9.17, 15) is 14.7 Å². The second kappa shape index (κ2) is 11.5. The maximum atomic E-state index is 11.1. The van der Waals surface area contributed by atoms with E-state index in [0.717, 1.165) is 49.2 Å². The summed E-state index contributed by atoms with van der Waals surface area (Å²) >= 11 is 0. The molecule has 0 aliphatic rings. The zero-order valence-corrected chi connectivity index (χ0v) is 18.0. The summed E-state index contributed by atoms with van der Waals surface area (Å²) in [5.74, 6) is -3.63. The number of rotatable bonds is 13. The quantitative estimate of drug-likeness (QED) is 0.284. The molecule has 0 saturated heterocycles. The fourth-order valence-electron chi connectivity index (χ4n) is 3.15. The summed E-state index contributed by atoms with van der Waals surface area (Å²) in [6.45, 7) is 5.53. The molecule has 0 spiro atoms. The van der Waals surface area contributed by atoms with Crippen LogP contribution in [0, 0.1) is 0 Å². The predicted octanol–water partition coefficient (Wildman–Crippen LogP) is 3.55. The third kappa shape index (κ3) is 8.78. The number of benzene rings is 2. The normalized spacial score (nSPS) is 11.5. The lowest BCUT2D eigenvalue weighted by Gasteiger charge is -2.16. The molecule has 7 heteroatoms. The highest BCUT2D eigenvalue weighted by Gasteiger charge is 2.27. The first-order valence-electron chi connectivity index (χ1n) is 10.3.